The fraction of sp³-hybridized carbons (Fsp3) is 0.273. The van der Waals surface area contributed by atoms with E-state index in [4.69, 9.17) is 9.79 Å². The van der Waals surface area contributed by atoms with Crippen LogP contribution in [0.4, 0.5) is 0 Å². The highest BCUT2D eigenvalue weighted by Crippen LogP contribution is 2.36. The first-order valence-electron chi connectivity index (χ1n) is 5.13. The molecule has 0 aliphatic heterocycles. The monoisotopic (exact) mass is 255 g/mol. The van der Waals surface area contributed by atoms with Crippen molar-refractivity contribution in [1.29, 1.82) is 0 Å². The van der Waals surface area contributed by atoms with E-state index in [1.54, 1.807) is 4.57 Å². The summed E-state index contributed by atoms with van der Waals surface area (Å²) in [6.45, 7) is 3.69. The summed E-state index contributed by atoms with van der Waals surface area (Å²) in [7, 11) is -4.44. The number of benzene rings is 1. The molecular formula is C11H14NO4P. The van der Waals surface area contributed by atoms with Crippen LogP contribution >= 0.6 is 7.82 Å². The molecule has 2 aromatic rings. The zero-order valence-corrected chi connectivity index (χ0v) is 10.5. The maximum absolute atomic E-state index is 10.7. The molecule has 0 aliphatic carbocycles. The number of hydrogen-bond acceptors (Lipinski definition) is 2. The van der Waals surface area contributed by atoms with Gasteiger partial charge in [0.05, 0.1) is 5.52 Å². The molecule has 0 bridgehead atoms. The van der Waals surface area contributed by atoms with Crippen molar-refractivity contribution in [3.63, 3.8) is 0 Å². The molecule has 5 nitrogen and oxygen atoms in total. The Kier molecular flexibility index (Phi) is 3.10. The number of nitrogens with zero attached hydrogens (tertiary/aromatic N) is 1. The van der Waals surface area contributed by atoms with E-state index < -0.39 is 7.82 Å². The predicted molar refractivity (Wildman–Crippen MR) is 64.5 cm³/mol. The summed E-state index contributed by atoms with van der Waals surface area (Å²) in [5.74, 6) is 0. The summed E-state index contributed by atoms with van der Waals surface area (Å²) in [6, 6.07) is 7.89. The van der Waals surface area contributed by atoms with Crippen molar-refractivity contribution < 1.29 is 18.9 Å². The van der Waals surface area contributed by atoms with Gasteiger partial charge in [-0.2, -0.15) is 0 Å². The third-order valence-electron chi connectivity index (χ3n) is 2.62. The Balaban J connectivity index is 2.42. The van der Waals surface area contributed by atoms with E-state index in [-0.39, 0.29) is 6.73 Å². The number of aromatic nitrogens is 1. The molecule has 0 amide bonds. The first kappa shape index (κ1) is 12.3. The van der Waals surface area contributed by atoms with Crippen LogP contribution < -0.4 is 0 Å². The molecule has 0 saturated heterocycles. The molecule has 17 heavy (non-hydrogen) atoms. The van der Waals surface area contributed by atoms with E-state index >= 15 is 0 Å². The average molecular weight is 255 g/mol. The number of aryl methyl sites for hydroxylation is 2. The summed E-state index contributed by atoms with van der Waals surface area (Å²) in [5.41, 5.74) is 2.91. The molecule has 0 spiro atoms. The van der Waals surface area contributed by atoms with E-state index in [0.717, 1.165) is 22.2 Å². The van der Waals surface area contributed by atoms with Crippen LogP contribution in [0.2, 0.25) is 0 Å². The summed E-state index contributed by atoms with van der Waals surface area (Å²) < 4.78 is 17.0. The van der Waals surface area contributed by atoms with Crippen molar-refractivity contribution in [2.45, 2.75) is 20.6 Å². The largest absolute Gasteiger partial charge is 0.471 e. The number of rotatable bonds is 3. The van der Waals surface area contributed by atoms with Gasteiger partial charge in [0.2, 0.25) is 0 Å². The molecule has 1 aromatic heterocycles. The van der Waals surface area contributed by atoms with Gasteiger partial charge in [-0.05, 0) is 36.9 Å². The maximum Gasteiger partial charge on any atom is 0.471 e. The molecule has 6 heteroatoms. The van der Waals surface area contributed by atoms with E-state index in [2.05, 4.69) is 4.52 Å². The first-order chi connectivity index (χ1) is 7.87. The Morgan fingerprint density at radius 1 is 1.29 bits per heavy atom. The summed E-state index contributed by atoms with van der Waals surface area (Å²) >= 11 is 0. The van der Waals surface area contributed by atoms with Gasteiger partial charge in [0.25, 0.3) is 0 Å². The molecule has 2 rings (SSSR count). The van der Waals surface area contributed by atoms with E-state index in [0.29, 0.717) is 0 Å². The van der Waals surface area contributed by atoms with E-state index in [1.807, 2.05) is 38.1 Å². The Labute approximate surface area is 98.9 Å². The quantitative estimate of drug-likeness (QED) is 0.825. The van der Waals surface area contributed by atoms with E-state index in [1.165, 1.54) is 0 Å². The Hall–Kier alpha value is -1.13. The second-order valence-electron chi connectivity index (χ2n) is 4.02. The van der Waals surface area contributed by atoms with Crippen molar-refractivity contribution in [3.8, 4) is 0 Å². The average Bonchev–Trinajstić information content (AvgIpc) is 2.49. The van der Waals surface area contributed by atoms with Crippen molar-refractivity contribution >= 4 is 18.7 Å². The Morgan fingerprint density at radius 3 is 2.65 bits per heavy atom. The Bertz CT molecular complexity index is 599. The first-order valence-corrected chi connectivity index (χ1v) is 6.66. The van der Waals surface area contributed by atoms with Gasteiger partial charge in [0, 0.05) is 5.69 Å². The van der Waals surface area contributed by atoms with Gasteiger partial charge in [-0.3, -0.25) is 4.52 Å². The van der Waals surface area contributed by atoms with Crippen LogP contribution in [0.3, 0.4) is 0 Å². The molecule has 0 fully saturated rings. The van der Waals surface area contributed by atoms with Crippen LogP contribution in [-0.4, -0.2) is 14.4 Å². The van der Waals surface area contributed by atoms with Crippen LogP contribution in [0.15, 0.2) is 24.3 Å². The highest BCUT2D eigenvalue weighted by atomic mass is 31.2. The summed E-state index contributed by atoms with van der Waals surface area (Å²) in [5, 5.41) is 1.03. The van der Waals surface area contributed by atoms with Crippen LogP contribution in [-0.2, 0) is 15.8 Å². The lowest BCUT2D eigenvalue weighted by Gasteiger charge is -2.10. The number of hydrogen-bond donors (Lipinski definition) is 2. The van der Waals surface area contributed by atoms with Crippen LogP contribution in [0, 0.1) is 13.8 Å². The predicted octanol–water partition coefficient (Wildman–Crippen LogP) is 2.32. The lowest BCUT2D eigenvalue weighted by Crippen LogP contribution is -2.02. The minimum absolute atomic E-state index is 0.150. The van der Waals surface area contributed by atoms with Gasteiger partial charge in [-0.25, -0.2) is 4.57 Å². The summed E-state index contributed by atoms with van der Waals surface area (Å²) in [4.78, 5) is 17.4. The third kappa shape index (κ3) is 2.76. The van der Waals surface area contributed by atoms with Crippen molar-refractivity contribution in [2.75, 3.05) is 0 Å². The maximum atomic E-state index is 10.7. The minimum atomic E-state index is -4.44. The van der Waals surface area contributed by atoms with E-state index in [9.17, 15) is 4.57 Å². The van der Waals surface area contributed by atoms with Gasteiger partial charge in [0.15, 0.2) is 0 Å². The molecule has 0 radical (unpaired) electrons. The fourth-order valence-electron chi connectivity index (χ4n) is 1.81. The molecule has 1 heterocycles. The zero-order valence-electron chi connectivity index (χ0n) is 9.62. The third-order valence-corrected chi connectivity index (χ3v) is 3.07. The van der Waals surface area contributed by atoms with Crippen molar-refractivity contribution in [2.24, 2.45) is 0 Å². The van der Waals surface area contributed by atoms with Crippen LogP contribution in [0.25, 0.3) is 10.9 Å². The second kappa shape index (κ2) is 4.27. The number of phosphoric acid groups is 1. The summed E-state index contributed by atoms with van der Waals surface area (Å²) in [6.07, 6.45) is 0. The van der Waals surface area contributed by atoms with Gasteiger partial charge in [-0.1, -0.05) is 12.1 Å². The smallest absolute Gasteiger partial charge is 0.321 e. The van der Waals surface area contributed by atoms with Crippen molar-refractivity contribution in [1.82, 2.24) is 4.57 Å². The lowest BCUT2D eigenvalue weighted by molar-refractivity contribution is 0.155. The normalized spacial score (nSPS) is 12.2. The van der Waals surface area contributed by atoms with Gasteiger partial charge < -0.3 is 14.4 Å². The number of fused-ring (bicyclic) bond motifs is 1. The highest BCUT2D eigenvalue weighted by Gasteiger charge is 2.15. The SMILES string of the molecule is Cc1ccc2cc(C)n(COP(=O)(O)O)c2c1. The molecule has 0 atom stereocenters. The molecule has 0 saturated carbocycles. The molecule has 2 N–H and O–H groups in total. The lowest BCUT2D eigenvalue weighted by atomic mass is 10.2. The zero-order chi connectivity index (χ0) is 12.6. The second-order valence-corrected chi connectivity index (χ2v) is 5.26. The van der Waals surface area contributed by atoms with Gasteiger partial charge in [0.1, 0.15) is 6.73 Å². The van der Waals surface area contributed by atoms with Crippen molar-refractivity contribution in [3.05, 3.63) is 35.5 Å². The molecule has 0 aliphatic rings. The van der Waals surface area contributed by atoms with Gasteiger partial charge in [-0.15, -0.1) is 0 Å². The standard InChI is InChI=1S/C11H14NO4P/c1-8-3-4-10-6-9(2)12(11(10)5-8)7-16-17(13,14)15/h3-6H,7H2,1-2H3,(H2,13,14,15). The molecule has 92 valence electrons. The number of phosphoric ester groups is 1. The highest BCUT2D eigenvalue weighted by molar-refractivity contribution is 7.46. The van der Waals surface area contributed by atoms with Gasteiger partial charge >= 0.3 is 7.82 Å². The van der Waals surface area contributed by atoms with Crippen LogP contribution in [0.5, 0.6) is 0 Å². The topological polar surface area (TPSA) is 71.7 Å². The molecule has 0 unspecified atom stereocenters. The fourth-order valence-corrected chi connectivity index (χ4v) is 2.07. The molecule has 1 aromatic carbocycles. The molecular weight excluding hydrogens is 241 g/mol. The minimum Gasteiger partial charge on any atom is -0.321 e. The Morgan fingerprint density at radius 2 is 2.00 bits per heavy atom. The van der Waals surface area contributed by atoms with Crippen LogP contribution in [0.1, 0.15) is 11.3 Å².